The average Bonchev–Trinajstić information content (AvgIpc) is 2.48. The summed E-state index contributed by atoms with van der Waals surface area (Å²) in [5, 5.41) is 3.12. The number of hydrogen-bond acceptors (Lipinski definition) is 3. The molecular formula is C17H22ClFN2O3. The Balaban J connectivity index is 1.89. The fraction of sp³-hybridized carbons (Fsp3) is 0.529. The van der Waals surface area contributed by atoms with E-state index in [1.807, 2.05) is 0 Å². The van der Waals surface area contributed by atoms with Crippen LogP contribution < -0.4 is 5.32 Å². The Bertz CT molecular complexity index is 623. The minimum Gasteiger partial charge on any atom is -0.444 e. The number of likely N-dealkylation sites (tertiary alicyclic amines) is 1. The topological polar surface area (TPSA) is 58.6 Å². The average molecular weight is 357 g/mol. The molecule has 0 radical (unpaired) electrons. The molecule has 1 aromatic rings. The number of amides is 2. The number of alkyl carbamates (subject to hydrolysis) is 1. The second-order valence-corrected chi connectivity index (χ2v) is 7.27. The monoisotopic (exact) mass is 356 g/mol. The number of ether oxygens (including phenoxy) is 1. The highest BCUT2D eigenvalue weighted by Crippen LogP contribution is 2.19. The van der Waals surface area contributed by atoms with Crippen molar-refractivity contribution >= 4 is 23.6 Å². The van der Waals surface area contributed by atoms with Gasteiger partial charge >= 0.3 is 6.09 Å². The van der Waals surface area contributed by atoms with Gasteiger partial charge in [-0.05, 0) is 51.8 Å². The van der Waals surface area contributed by atoms with E-state index >= 15 is 0 Å². The summed E-state index contributed by atoms with van der Waals surface area (Å²) >= 11 is 5.83. The Morgan fingerprint density at radius 3 is 2.50 bits per heavy atom. The zero-order valence-electron chi connectivity index (χ0n) is 14.1. The van der Waals surface area contributed by atoms with Gasteiger partial charge in [0.2, 0.25) is 0 Å². The van der Waals surface area contributed by atoms with Gasteiger partial charge in [-0.25, -0.2) is 9.18 Å². The zero-order valence-corrected chi connectivity index (χ0v) is 14.8. The second-order valence-electron chi connectivity index (χ2n) is 6.84. The van der Waals surface area contributed by atoms with E-state index in [2.05, 4.69) is 5.32 Å². The molecule has 0 spiro atoms. The molecule has 0 aromatic heterocycles. The first-order valence-electron chi connectivity index (χ1n) is 7.89. The number of rotatable bonds is 2. The van der Waals surface area contributed by atoms with Crippen LogP contribution in [-0.4, -0.2) is 41.6 Å². The van der Waals surface area contributed by atoms with Crippen molar-refractivity contribution in [2.75, 3.05) is 13.1 Å². The fourth-order valence-corrected chi connectivity index (χ4v) is 2.70. The quantitative estimate of drug-likeness (QED) is 0.880. The summed E-state index contributed by atoms with van der Waals surface area (Å²) in [7, 11) is 0. The van der Waals surface area contributed by atoms with Crippen LogP contribution in [0, 0.1) is 5.82 Å². The molecule has 0 bridgehead atoms. The van der Waals surface area contributed by atoms with Crippen LogP contribution in [0.3, 0.4) is 0 Å². The number of carbonyl (C=O) groups excluding carboxylic acids is 2. The maximum atomic E-state index is 13.8. The Hall–Kier alpha value is -1.82. The van der Waals surface area contributed by atoms with E-state index in [-0.39, 0.29) is 17.5 Å². The third-order valence-corrected chi connectivity index (χ3v) is 3.90. The van der Waals surface area contributed by atoms with Crippen LogP contribution in [0.2, 0.25) is 5.02 Å². The summed E-state index contributed by atoms with van der Waals surface area (Å²) in [6, 6.07) is 3.87. The number of nitrogens with zero attached hydrogens (tertiary/aromatic N) is 1. The molecule has 1 aliphatic rings. The van der Waals surface area contributed by atoms with Crippen LogP contribution in [0.5, 0.6) is 0 Å². The van der Waals surface area contributed by atoms with Crippen LogP contribution >= 0.6 is 11.6 Å². The summed E-state index contributed by atoms with van der Waals surface area (Å²) in [5.74, 6) is -0.968. The predicted octanol–water partition coefficient (Wildman–Crippen LogP) is 3.61. The Labute approximate surface area is 146 Å². The van der Waals surface area contributed by atoms with Crippen molar-refractivity contribution in [3.05, 3.63) is 34.6 Å². The Morgan fingerprint density at radius 2 is 1.92 bits per heavy atom. The van der Waals surface area contributed by atoms with Gasteiger partial charge in [0.25, 0.3) is 5.91 Å². The smallest absolute Gasteiger partial charge is 0.407 e. The van der Waals surface area contributed by atoms with Crippen molar-refractivity contribution in [2.24, 2.45) is 0 Å². The van der Waals surface area contributed by atoms with Gasteiger partial charge in [0.05, 0.1) is 5.56 Å². The second kappa shape index (κ2) is 7.38. The van der Waals surface area contributed by atoms with E-state index in [1.54, 1.807) is 25.7 Å². The summed E-state index contributed by atoms with van der Waals surface area (Å²) in [6.45, 7) is 6.27. The molecule has 1 aliphatic heterocycles. The molecule has 132 valence electrons. The van der Waals surface area contributed by atoms with Gasteiger partial charge in [0, 0.05) is 24.2 Å². The first kappa shape index (κ1) is 18.5. The van der Waals surface area contributed by atoms with Crippen molar-refractivity contribution < 1.29 is 18.7 Å². The summed E-state index contributed by atoms with van der Waals surface area (Å²) in [5.41, 5.74) is -0.578. The summed E-state index contributed by atoms with van der Waals surface area (Å²) < 4.78 is 19.0. The molecule has 2 rings (SSSR count). The lowest BCUT2D eigenvalue weighted by molar-refractivity contribution is 0.0473. The number of benzene rings is 1. The number of halogens is 2. The third kappa shape index (κ3) is 5.09. The molecule has 24 heavy (non-hydrogen) atoms. The van der Waals surface area contributed by atoms with Gasteiger partial charge in [-0.1, -0.05) is 11.6 Å². The van der Waals surface area contributed by atoms with Crippen LogP contribution in [-0.2, 0) is 4.74 Å². The van der Waals surface area contributed by atoms with E-state index in [4.69, 9.17) is 16.3 Å². The zero-order chi connectivity index (χ0) is 17.9. The highest BCUT2D eigenvalue weighted by atomic mass is 35.5. The number of carbonyl (C=O) groups is 2. The number of nitrogens with one attached hydrogen (secondary N) is 1. The lowest BCUT2D eigenvalue weighted by Crippen LogP contribution is -2.47. The maximum absolute atomic E-state index is 13.8. The molecule has 1 N–H and O–H groups in total. The molecule has 0 saturated carbocycles. The molecule has 0 atom stereocenters. The van der Waals surface area contributed by atoms with Crippen LogP contribution in [0.1, 0.15) is 44.0 Å². The van der Waals surface area contributed by atoms with Gasteiger partial charge in [0.1, 0.15) is 11.4 Å². The number of hydrogen-bond donors (Lipinski definition) is 1. The molecule has 7 heteroatoms. The molecule has 5 nitrogen and oxygen atoms in total. The van der Waals surface area contributed by atoms with E-state index in [9.17, 15) is 14.0 Å². The molecule has 0 aliphatic carbocycles. The lowest BCUT2D eigenvalue weighted by Gasteiger charge is -2.33. The highest BCUT2D eigenvalue weighted by molar-refractivity contribution is 6.31. The SMILES string of the molecule is CC(C)(C)OC(=O)NC1CCN(C(=O)c2cc(Cl)ccc2F)CC1. The highest BCUT2D eigenvalue weighted by Gasteiger charge is 2.27. The maximum Gasteiger partial charge on any atom is 0.407 e. The summed E-state index contributed by atoms with van der Waals surface area (Å²) in [4.78, 5) is 25.7. The van der Waals surface area contributed by atoms with Crippen LogP contribution in [0.4, 0.5) is 9.18 Å². The Morgan fingerprint density at radius 1 is 1.29 bits per heavy atom. The van der Waals surface area contributed by atoms with E-state index < -0.39 is 17.5 Å². The van der Waals surface area contributed by atoms with E-state index in [0.717, 1.165) is 0 Å². The normalized spacial score (nSPS) is 16.0. The minimum atomic E-state index is -0.585. The Kier molecular flexibility index (Phi) is 5.70. The first-order valence-corrected chi connectivity index (χ1v) is 8.27. The van der Waals surface area contributed by atoms with Crippen molar-refractivity contribution in [1.82, 2.24) is 10.2 Å². The van der Waals surface area contributed by atoms with E-state index in [1.165, 1.54) is 18.2 Å². The first-order chi connectivity index (χ1) is 11.2. The molecule has 2 amide bonds. The summed E-state index contributed by atoms with van der Waals surface area (Å²) in [6.07, 6.45) is 0.716. The molecular weight excluding hydrogens is 335 g/mol. The number of piperidine rings is 1. The van der Waals surface area contributed by atoms with E-state index in [0.29, 0.717) is 31.0 Å². The standard InChI is InChI=1S/C17H22ClFN2O3/c1-17(2,3)24-16(23)20-12-6-8-21(9-7-12)15(22)13-10-11(18)4-5-14(13)19/h4-5,10,12H,6-9H2,1-3H3,(H,20,23). The van der Waals surface area contributed by atoms with Crippen molar-refractivity contribution in [1.29, 1.82) is 0 Å². The van der Waals surface area contributed by atoms with Crippen LogP contribution in [0.25, 0.3) is 0 Å². The van der Waals surface area contributed by atoms with Gasteiger partial charge in [-0.3, -0.25) is 4.79 Å². The predicted molar refractivity (Wildman–Crippen MR) is 89.7 cm³/mol. The minimum absolute atomic E-state index is 0.0268. The van der Waals surface area contributed by atoms with Crippen molar-refractivity contribution in [3.63, 3.8) is 0 Å². The van der Waals surface area contributed by atoms with Gasteiger partial charge in [-0.15, -0.1) is 0 Å². The largest absolute Gasteiger partial charge is 0.444 e. The van der Waals surface area contributed by atoms with Gasteiger partial charge < -0.3 is 15.0 Å². The van der Waals surface area contributed by atoms with Gasteiger partial charge in [0.15, 0.2) is 0 Å². The van der Waals surface area contributed by atoms with Crippen molar-refractivity contribution in [3.8, 4) is 0 Å². The lowest BCUT2D eigenvalue weighted by atomic mass is 10.0. The molecule has 1 heterocycles. The molecule has 1 aromatic carbocycles. The molecule has 1 saturated heterocycles. The molecule has 1 fully saturated rings. The molecule has 0 unspecified atom stereocenters. The van der Waals surface area contributed by atoms with Crippen LogP contribution in [0.15, 0.2) is 18.2 Å². The fourth-order valence-electron chi connectivity index (χ4n) is 2.53. The van der Waals surface area contributed by atoms with Gasteiger partial charge in [-0.2, -0.15) is 0 Å². The van der Waals surface area contributed by atoms with Crippen molar-refractivity contribution in [2.45, 2.75) is 45.3 Å². The third-order valence-electron chi connectivity index (χ3n) is 3.66.